The van der Waals surface area contributed by atoms with Crippen molar-refractivity contribution in [1.29, 1.82) is 0 Å². The summed E-state index contributed by atoms with van der Waals surface area (Å²) in [7, 11) is 1.71. The van der Waals surface area contributed by atoms with Crippen LogP contribution in [0.15, 0.2) is 24.3 Å². The number of benzene rings is 1. The van der Waals surface area contributed by atoms with E-state index in [4.69, 9.17) is 9.47 Å². The Hall–Kier alpha value is -1.51. The smallest absolute Gasteiger partial charge is 0.312 e. The van der Waals surface area contributed by atoms with Gasteiger partial charge >= 0.3 is 5.97 Å². The predicted octanol–water partition coefficient (Wildman–Crippen LogP) is 6.93. The molecule has 0 amide bonds. The molecule has 5 rings (SSSR count). The highest BCUT2D eigenvalue weighted by Gasteiger charge is 2.67. The van der Waals surface area contributed by atoms with E-state index in [1.165, 1.54) is 50.5 Å². The largest absolute Gasteiger partial charge is 0.497 e. The van der Waals surface area contributed by atoms with Crippen molar-refractivity contribution in [3.63, 3.8) is 0 Å². The maximum absolute atomic E-state index is 14.0. The molecule has 1 aromatic rings. The molecule has 4 saturated carbocycles. The summed E-state index contributed by atoms with van der Waals surface area (Å²) in [5, 5.41) is 0. The lowest BCUT2D eigenvalue weighted by Crippen LogP contribution is -2.61. The van der Waals surface area contributed by atoms with Crippen molar-refractivity contribution in [3.05, 3.63) is 29.8 Å². The zero-order valence-electron chi connectivity index (χ0n) is 20.6. The van der Waals surface area contributed by atoms with E-state index < -0.39 is 0 Å². The summed E-state index contributed by atoms with van der Waals surface area (Å²) in [6.07, 6.45) is 12.1. The number of rotatable bonds is 5. The number of hydrogen-bond acceptors (Lipinski definition) is 3. The lowest BCUT2D eigenvalue weighted by atomic mass is 9.43. The summed E-state index contributed by atoms with van der Waals surface area (Å²) in [5.74, 6) is 4.06. The first-order chi connectivity index (χ1) is 15.4. The van der Waals surface area contributed by atoms with Crippen LogP contribution in [0.3, 0.4) is 0 Å². The number of carbonyl (C=O) groups excluding carboxylic acids is 1. The molecule has 7 atom stereocenters. The fraction of sp³-hybridized carbons (Fsp3) is 0.759. The van der Waals surface area contributed by atoms with E-state index >= 15 is 0 Å². The van der Waals surface area contributed by atoms with Crippen LogP contribution in [0.5, 0.6) is 5.75 Å². The zero-order chi connectivity index (χ0) is 22.5. The Labute approximate surface area is 194 Å². The predicted molar refractivity (Wildman–Crippen MR) is 128 cm³/mol. The number of fused-ring (bicyclic) bond motifs is 4. The first-order valence-corrected chi connectivity index (χ1v) is 13.2. The van der Waals surface area contributed by atoms with Crippen molar-refractivity contribution in [3.8, 4) is 5.75 Å². The normalized spacial score (nSPS) is 38.9. The van der Waals surface area contributed by atoms with E-state index in [2.05, 4.69) is 45.0 Å². The van der Waals surface area contributed by atoms with Gasteiger partial charge in [0.25, 0.3) is 0 Å². The van der Waals surface area contributed by atoms with Gasteiger partial charge in [-0.2, -0.15) is 0 Å². The summed E-state index contributed by atoms with van der Waals surface area (Å²) in [4.78, 5) is 14.0. The third-order valence-corrected chi connectivity index (χ3v) is 10.2. The van der Waals surface area contributed by atoms with Crippen LogP contribution in [-0.2, 0) is 14.9 Å². The van der Waals surface area contributed by atoms with E-state index in [-0.39, 0.29) is 22.9 Å². The fourth-order valence-corrected chi connectivity index (χ4v) is 8.44. The Morgan fingerprint density at radius 2 is 1.69 bits per heavy atom. The molecule has 0 radical (unpaired) electrons. The van der Waals surface area contributed by atoms with Crippen molar-refractivity contribution >= 4 is 5.97 Å². The van der Waals surface area contributed by atoms with Crippen LogP contribution in [0.4, 0.5) is 0 Å². The highest BCUT2D eigenvalue weighted by molar-refractivity contribution is 5.80. The average Bonchev–Trinajstić information content (AvgIpc) is 3.22. The molecule has 0 aliphatic heterocycles. The van der Waals surface area contributed by atoms with Crippen LogP contribution in [0.2, 0.25) is 0 Å². The van der Waals surface area contributed by atoms with Crippen molar-refractivity contribution in [2.24, 2.45) is 35.0 Å². The first-order valence-electron chi connectivity index (χ1n) is 13.2. The minimum absolute atomic E-state index is 0.0285. The summed E-state index contributed by atoms with van der Waals surface area (Å²) < 4.78 is 12.0. The van der Waals surface area contributed by atoms with Crippen LogP contribution in [0, 0.1) is 35.0 Å². The number of carbonyl (C=O) groups is 1. The summed E-state index contributed by atoms with van der Waals surface area (Å²) in [6, 6.07) is 8.51. The van der Waals surface area contributed by atoms with Gasteiger partial charge in [0.05, 0.1) is 12.5 Å². The molecule has 0 unspecified atom stereocenters. The summed E-state index contributed by atoms with van der Waals surface area (Å²) in [6.45, 7) is 7.01. The molecule has 3 nitrogen and oxygen atoms in total. The van der Waals surface area contributed by atoms with Gasteiger partial charge in [0.2, 0.25) is 0 Å². The molecule has 0 aromatic heterocycles. The SMILES string of the molecule is COc1ccc(C(C)(C)[C@@H]2CC[C@@H](C)C[C@H]2OC(=O)[C@]23CCCC[C@@H]2[C@@H]2CCC[C@H]23)cc1. The number of ether oxygens (including phenoxy) is 2. The molecule has 3 heteroatoms. The molecular weight excluding hydrogens is 396 g/mol. The van der Waals surface area contributed by atoms with Crippen molar-refractivity contribution in [1.82, 2.24) is 0 Å². The maximum Gasteiger partial charge on any atom is 0.312 e. The van der Waals surface area contributed by atoms with Gasteiger partial charge in [-0.3, -0.25) is 4.79 Å². The van der Waals surface area contributed by atoms with Gasteiger partial charge in [0.15, 0.2) is 0 Å². The Bertz CT molecular complexity index is 827. The van der Waals surface area contributed by atoms with E-state index in [1.807, 2.05) is 0 Å². The Morgan fingerprint density at radius 3 is 2.41 bits per heavy atom. The standard InChI is InChI=1S/C29H42O3/c1-19-11-16-25(28(2,3)20-12-14-21(31-4)15-13-20)26(18-19)32-27(30)29-17-6-5-9-23(29)22-8-7-10-24(22)29/h12-15,19,22-26H,5-11,16-18H2,1-4H3/t19-,22+,23-,24-,25-,26-,29-/m1/s1. The third kappa shape index (κ3) is 3.41. The number of methoxy groups -OCH3 is 1. The quantitative estimate of drug-likeness (QED) is 0.468. The minimum Gasteiger partial charge on any atom is -0.497 e. The van der Waals surface area contributed by atoms with Gasteiger partial charge in [0, 0.05) is 5.92 Å². The Balaban J connectivity index is 1.38. The second-order valence-electron chi connectivity index (χ2n) is 12.0. The van der Waals surface area contributed by atoms with Gasteiger partial charge in [-0.15, -0.1) is 0 Å². The van der Waals surface area contributed by atoms with Gasteiger partial charge in [-0.1, -0.05) is 58.6 Å². The van der Waals surface area contributed by atoms with E-state index in [0.29, 0.717) is 23.7 Å². The first kappa shape index (κ1) is 22.3. The van der Waals surface area contributed by atoms with Gasteiger partial charge in [0.1, 0.15) is 11.9 Å². The molecule has 0 spiro atoms. The fourth-order valence-electron chi connectivity index (χ4n) is 8.44. The third-order valence-electron chi connectivity index (χ3n) is 10.2. The molecule has 176 valence electrons. The van der Waals surface area contributed by atoms with Crippen molar-refractivity contribution in [2.75, 3.05) is 7.11 Å². The molecule has 4 aliphatic rings. The molecule has 0 N–H and O–H groups in total. The molecule has 0 saturated heterocycles. The minimum atomic E-state index is -0.144. The maximum atomic E-state index is 14.0. The van der Waals surface area contributed by atoms with Crippen LogP contribution >= 0.6 is 0 Å². The molecule has 32 heavy (non-hydrogen) atoms. The Kier molecular flexibility index (Phi) is 5.83. The van der Waals surface area contributed by atoms with Gasteiger partial charge in [-0.05, 0) is 85.3 Å². The molecule has 4 aliphatic carbocycles. The molecule has 1 aromatic carbocycles. The van der Waals surface area contributed by atoms with Crippen LogP contribution < -0.4 is 4.74 Å². The molecule has 0 heterocycles. The van der Waals surface area contributed by atoms with Crippen molar-refractivity contribution in [2.45, 2.75) is 96.5 Å². The van der Waals surface area contributed by atoms with Crippen LogP contribution in [0.25, 0.3) is 0 Å². The molecule has 0 bridgehead atoms. The molecule has 4 fully saturated rings. The van der Waals surface area contributed by atoms with Crippen LogP contribution in [0.1, 0.15) is 90.5 Å². The van der Waals surface area contributed by atoms with E-state index in [0.717, 1.165) is 30.9 Å². The number of esters is 1. The van der Waals surface area contributed by atoms with E-state index in [9.17, 15) is 4.79 Å². The second kappa shape index (κ2) is 8.37. The number of hydrogen-bond donors (Lipinski definition) is 0. The highest BCUT2D eigenvalue weighted by atomic mass is 16.5. The lowest BCUT2D eigenvalue weighted by Gasteiger charge is -2.60. The summed E-state index contributed by atoms with van der Waals surface area (Å²) >= 11 is 0. The van der Waals surface area contributed by atoms with Crippen LogP contribution in [-0.4, -0.2) is 19.2 Å². The lowest BCUT2D eigenvalue weighted by molar-refractivity contribution is -0.207. The second-order valence-corrected chi connectivity index (χ2v) is 12.0. The molecular formula is C29H42O3. The Morgan fingerprint density at radius 1 is 0.969 bits per heavy atom. The zero-order valence-corrected chi connectivity index (χ0v) is 20.6. The van der Waals surface area contributed by atoms with E-state index in [1.54, 1.807) is 7.11 Å². The summed E-state index contributed by atoms with van der Waals surface area (Å²) in [5.41, 5.74) is 1.12. The van der Waals surface area contributed by atoms with Gasteiger partial charge in [-0.25, -0.2) is 0 Å². The van der Waals surface area contributed by atoms with Gasteiger partial charge < -0.3 is 9.47 Å². The monoisotopic (exact) mass is 438 g/mol. The average molecular weight is 439 g/mol. The highest BCUT2D eigenvalue weighted by Crippen LogP contribution is 2.69. The topological polar surface area (TPSA) is 35.5 Å². The van der Waals surface area contributed by atoms with Crippen molar-refractivity contribution < 1.29 is 14.3 Å².